The van der Waals surface area contributed by atoms with Crippen molar-refractivity contribution in [1.29, 1.82) is 0 Å². The predicted molar refractivity (Wildman–Crippen MR) is 79.2 cm³/mol. The number of carbonyl (C=O) groups excluding carboxylic acids is 2. The molecule has 3 amide bonds. The lowest BCUT2D eigenvalue weighted by Gasteiger charge is -2.16. The monoisotopic (exact) mass is 315 g/mol. The van der Waals surface area contributed by atoms with Crippen LogP contribution < -0.4 is 16.0 Å². The summed E-state index contributed by atoms with van der Waals surface area (Å²) in [6.07, 6.45) is 3.09. The fourth-order valence-electron chi connectivity index (χ4n) is 2.67. The first kappa shape index (κ1) is 15.9. The number of unbranched alkanes of at least 4 members (excludes halogenated alkanes) is 1. The van der Waals surface area contributed by atoms with E-state index in [4.69, 9.17) is 5.11 Å². The fourth-order valence-corrected chi connectivity index (χ4v) is 4.21. The lowest BCUT2D eigenvalue weighted by Crippen LogP contribution is -2.36. The normalized spacial score (nSPS) is 26.9. The van der Waals surface area contributed by atoms with Crippen LogP contribution in [0.25, 0.3) is 0 Å². The van der Waals surface area contributed by atoms with Gasteiger partial charge in [-0.25, -0.2) is 4.79 Å². The minimum absolute atomic E-state index is 0.0414. The van der Waals surface area contributed by atoms with Crippen molar-refractivity contribution in [3.8, 4) is 0 Å². The van der Waals surface area contributed by atoms with Crippen LogP contribution in [-0.4, -0.2) is 52.6 Å². The first-order valence-corrected chi connectivity index (χ1v) is 8.28. The first-order valence-electron chi connectivity index (χ1n) is 7.23. The summed E-state index contributed by atoms with van der Waals surface area (Å²) in [4.78, 5) is 33.0. The number of aliphatic carboxylic acids is 1. The van der Waals surface area contributed by atoms with E-state index in [0.29, 0.717) is 11.7 Å². The summed E-state index contributed by atoms with van der Waals surface area (Å²) >= 11 is 1.87. The van der Waals surface area contributed by atoms with Gasteiger partial charge in [0.1, 0.15) is 0 Å². The number of amides is 3. The second-order valence-corrected chi connectivity index (χ2v) is 6.63. The molecule has 2 aliphatic heterocycles. The van der Waals surface area contributed by atoms with Gasteiger partial charge in [0.25, 0.3) is 0 Å². The smallest absolute Gasteiger partial charge is 0.315 e. The molecule has 3 unspecified atom stereocenters. The third-order valence-corrected chi connectivity index (χ3v) is 5.25. The molecule has 118 valence electrons. The number of fused-ring (bicyclic) bond motifs is 1. The average molecular weight is 315 g/mol. The van der Waals surface area contributed by atoms with Crippen LogP contribution in [-0.2, 0) is 9.59 Å². The van der Waals surface area contributed by atoms with Gasteiger partial charge in [-0.2, -0.15) is 11.8 Å². The van der Waals surface area contributed by atoms with Crippen molar-refractivity contribution in [2.24, 2.45) is 0 Å². The van der Waals surface area contributed by atoms with Gasteiger partial charge < -0.3 is 21.1 Å². The summed E-state index contributed by atoms with van der Waals surface area (Å²) in [5, 5.41) is 17.3. The van der Waals surface area contributed by atoms with Gasteiger partial charge in [-0.1, -0.05) is 6.42 Å². The van der Waals surface area contributed by atoms with E-state index in [2.05, 4.69) is 16.0 Å². The van der Waals surface area contributed by atoms with Crippen LogP contribution in [0.4, 0.5) is 4.79 Å². The largest absolute Gasteiger partial charge is 0.481 e. The summed E-state index contributed by atoms with van der Waals surface area (Å²) in [5.41, 5.74) is 0. The number of hydrogen-bond donors (Lipinski definition) is 4. The standard InChI is InChI=1S/C13H21N3O4S/c17-10(14-6-5-11(18)19)4-2-1-3-9-12-8(7-21-9)15-13(20)16-12/h8-9,12H,1-7H2,(H,14,17)(H,18,19)(H2,15,16,20). The summed E-state index contributed by atoms with van der Waals surface area (Å²) in [6.45, 7) is 0.189. The van der Waals surface area contributed by atoms with E-state index in [0.717, 1.165) is 25.0 Å². The number of hydrogen-bond acceptors (Lipinski definition) is 4. The Bertz CT molecular complexity index is 418. The zero-order valence-electron chi connectivity index (χ0n) is 11.8. The number of thioether (sulfide) groups is 1. The van der Waals surface area contributed by atoms with Crippen LogP contribution in [0.1, 0.15) is 32.1 Å². The molecule has 21 heavy (non-hydrogen) atoms. The molecule has 0 aliphatic carbocycles. The summed E-state index contributed by atoms with van der Waals surface area (Å²) in [6, 6.07) is 0.381. The number of carboxylic acids is 1. The van der Waals surface area contributed by atoms with Gasteiger partial charge in [-0.3, -0.25) is 9.59 Å². The molecule has 4 N–H and O–H groups in total. The highest BCUT2D eigenvalue weighted by atomic mass is 32.2. The molecule has 2 saturated heterocycles. The number of carboxylic acid groups (broad SMARTS) is 1. The van der Waals surface area contributed by atoms with Crippen molar-refractivity contribution < 1.29 is 19.5 Å². The van der Waals surface area contributed by atoms with E-state index in [1.165, 1.54) is 0 Å². The van der Waals surface area contributed by atoms with Gasteiger partial charge in [0.15, 0.2) is 0 Å². The summed E-state index contributed by atoms with van der Waals surface area (Å²) < 4.78 is 0. The SMILES string of the molecule is O=C(O)CCNC(=O)CCCCC1SCC2NC(=O)NC21. The minimum atomic E-state index is -0.907. The Hall–Kier alpha value is -1.44. The van der Waals surface area contributed by atoms with E-state index >= 15 is 0 Å². The van der Waals surface area contributed by atoms with Crippen molar-refractivity contribution >= 4 is 29.7 Å². The molecule has 7 nitrogen and oxygen atoms in total. The van der Waals surface area contributed by atoms with Crippen molar-refractivity contribution in [3.63, 3.8) is 0 Å². The minimum Gasteiger partial charge on any atom is -0.481 e. The predicted octanol–water partition coefficient (Wildman–Crippen LogP) is 0.303. The average Bonchev–Trinajstić information content (AvgIpc) is 2.94. The van der Waals surface area contributed by atoms with E-state index < -0.39 is 5.97 Å². The maximum atomic E-state index is 11.5. The zero-order valence-corrected chi connectivity index (χ0v) is 12.6. The maximum Gasteiger partial charge on any atom is 0.315 e. The van der Waals surface area contributed by atoms with E-state index in [1.807, 2.05) is 11.8 Å². The van der Waals surface area contributed by atoms with Crippen molar-refractivity contribution in [3.05, 3.63) is 0 Å². The van der Waals surface area contributed by atoms with Crippen LogP contribution >= 0.6 is 11.8 Å². The second-order valence-electron chi connectivity index (χ2n) is 5.36. The van der Waals surface area contributed by atoms with Crippen molar-refractivity contribution in [2.45, 2.75) is 49.4 Å². The Labute approximate surface area is 127 Å². The highest BCUT2D eigenvalue weighted by molar-refractivity contribution is 8.00. The van der Waals surface area contributed by atoms with Crippen molar-refractivity contribution in [1.82, 2.24) is 16.0 Å². The van der Waals surface area contributed by atoms with Gasteiger partial charge in [0.2, 0.25) is 5.91 Å². The van der Waals surface area contributed by atoms with Crippen LogP contribution in [0.15, 0.2) is 0 Å². The molecular weight excluding hydrogens is 294 g/mol. The van der Waals surface area contributed by atoms with Crippen molar-refractivity contribution in [2.75, 3.05) is 12.3 Å². The Balaban J connectivity index is 1.55. The Morgan fingerprint density at radius 2 is 2.10 bits per heavy atom. The third-order valence-electron chi connectivity index (χ3n) is 3.74. The Kier molecular flexibility index (Phi) is 5.72. The van der Waals surface area contributed by atoms with E-state index in [-0.39, 0.29) is 37.0 Å². The molecule has 0 radical (unpaired) electrons. The van der Waals surface area contributed by atoms with Gasteiger partial charge in [0.05, 0.1) is 18.5 Å². The molecule has 8 heteroatoms. The lowest BCUT2D eigenvalue weighted by atomic mass is 10.0. The highest BCUT2D eigenvalue weighted by Crippen LogP contribution is 2.33. The number of nitrogens with one attached hydrogen (secondary N) is 3. The quantitative estimate of drug-likeness (QED) is 0.381. The van der Waals surface area contributed by atoms with Gasteiger partial charge in [-0.15, -0.1) is 0 Å². The highest BCUT2D eigenvalue weighted by Gasteiger charge is 2.42. The van der Waals surface area contributed by atoms with Gasteiger partial charge >= 0.3 is 12.0 Å². The summed E-state index contributed by atoms with van der Waals surface area (Å²) in [7, 11) is 0. The summed E-state index contributed by atoms with van der Waals surface area (Å²) in [5.74, 6) is -0.0524. The molecule has 3 atom stereocenters. The second kappa shape index (κ2) is 7.53. The maximum absolute atomic E-state index is 11.5. The van der Waals surface area contributed by atoms with Crippen LogP contribution in [0, 0.1) is 0 Å². The van der Waals surface area contributed by atoms with E-state index in [9.17, 15) is 14.4 Å². The number of rotatable bonds is 8. The van der Waals surface area contributed by atoms with Crippen LogP contribution in [0.5, 0.6) is 0 Å². The van der Waals surface area contributed by atoms with E-state index in [1.54, 1.807) is 0 Å². The zero-order chi connectivity index (χ0) is 15.2. The third kappa shape index (κ3) is 4.80. The molecule has 2 fully saturated rings. The molecule has 2 heterocycles. The Morgan fingerprint density at radius 1 is 1.29 bits per heavy atom. The molecule has 0 spiro atoms. The Morgan fingerprint density at radius 3 is 2.86 bits per heavy atom. The topological polar surface area (TPSA) is 108 Å². The molecule has 0 bridgehead atoms. The fraction of sp³-hybridized carbons (Fsp3) is 0.769. The molecule has 0 aromatic heterocycles. The molecule has 2 aliphatic rings. The molecule has 0 aromatic rings. The van der Waals surface area contributed by atoms with Gasteiger partial charge in [-0.05, 0) is 12.8 Å². The van der Waals surface area contributed by atoms with Gasteiger partial charge in [0, 0.05) is 24.0 Å². The molecular formula is C13H21N3O4S. The van der Waals surface area contributed by atoms with Crippen LogP contribution in [0.3, 0.4) is 0 Å². The molecule has 2 rings (SSSR count). The number of urea groups is 1. The molecule has 0 aromatic carbocycles. The first-order chi connectivity index (χ1) is 10.1. The van der Waals surface area contributed by atoms with Crippen LogP contribution in [0.2, 0.25) is 0 Å². The molecule has 0 saturated carbocycles. The number of carbonyl (C=O) groups is 3. The lowest BCUT2D eigenvalue weighted by molar-refractivity contribution is -0.136.